The van der Waals surface area contributed by atoms with E-state index in [-0.39, 0.29) is 0 Å². The van der Waals surface area contributed by atoms with E-state index in [4.69, 9.17) is 35.4 Å². The van der Waals surface area contributed by atoms with Crippen molar-refractivity contribution in [3.05, 3.63) is 40.1 Å². The van der Waals surface area contributed by atoms with Crippen LogP contribution >= 0.6 is 35.4 Å². The first-order valence-electron chi connectivity index (χ1n) is 5.49. The van der Waals surface area contributed by atoms with Crippen LogP contribution in [0.3, 0.4) is 0 Å². The molecule has 1 aromatic carbocycles. The fourth-order valence-electron chi connectivity index (χ4n) is 1.50. The number of aryl methyl sites for hydroxylation is 1. The molecule has 0 radical (unpaired) electrons. The summed E-state index contributed by atoms with van der Waals surface area (Å²) in [7, 11) is 1.87. The molecule has 7 heteroatoms. The Morgan fingerprint density at radius 1 is 1.26 bits per heavy atom. The summed E-state index contributed by atoms with van der Waals surface area (Å²) in [5, 5.41) is 11.5. The minimum atomic E-state index is 0.431. The van der Waals surface area contributed by atoms with Crippen LogP contribution in [0.5, 0.6) is 0 Å². The largest absolute Gasteiger partial charge is 0.331 e. The predicted molar refractivity (Wildman–Crippen MR) is 84.3 cm³/mol. The van der Waals surface area contributed by atoms with Crippen LogP contribution in [-0.4, -0.2) is 14.9 Å². The first kappa shape index (κ1) is 14.1. The maximum atomic E-state index is 6.08. The quantitative estimate of drug-likeness (QED) is 0.826. The molecule has 0 atom stereocenters. The number of rotatable bonds is 2. The number of hydrogen-bond donors (Lipinski definition) is 2. The maximum Gasteiger partial charge on any atom is 0.175 e. The molecule has 0 spiro atoms. The van der Waals surface area contributed by atoms with Crippen LogP contribution in [0.4, 0.5) is 11.4 Å². The monoisotopic (exact) mass is 314 g/mol. The molecule has 0 unspecified atom stereocenters. The summed E-state index contributed by atoms with van der Waals surface area (Å²) in [4.78, 5) is 0. The van der Waals surface area contributed by atoms with Crippen molar-refractivity contribution in [2.45, 2.75) is 6.92 Å². The van der Waals surface area contributed by atoms with Gasteiger partial charge in [-0.25, -0.2) is 0 Å². The lowest BCUT2D eigenvalue weighted by molar-refractivity contribution is 0.740. The minimum Gasteiger partial charge on any atom is -0.331 e. The normalized spacial score (nSPS) is 10.3. The molecular formula is C12H12Cl2N4S. The Morgan fingerprint density at radius 2 is 1.95 bits per heavy atom. The summed E-state index contributed by atoms with van der Waals surface area (Å²) in [6, 6.07) is 5.32. The molecule has 0 saturated carbocycles. The van der Waals surface area contributed by atoms with E-state index in [0.717, 1.165) is 11.4 Å². The molecule has 0 aliphatic rings. The van der Waals surface area contributed by atoms with Gasteiger partial charge < -0.3 is 10.6 Å². The van der Waals surface area contributed by atoms with Crippen molar-refractivity contribution in [1.29, 1.82) is 0 Å². The van der Waals surface area contributed by atoms with Crippen LogP contribution in [0.1, 0.15) is 5.69 Å². The number of nitrogens with one attached hydrogen (secondary N) is 2. The van der Waals surface area contributed by atoms with E-state index >= 15 is 0 Å². The SMILES string of the molecule is Cc1c(NC(=S)Nc2cccc(Cl)c2Cl)cnn1C. The Hall–Kier alpha value is -1.30. The van der Waals surface area contributed by atoms with Gasteiger partial charge in [-0.05, 0) is 31.3 Å². The molecule has 2 N–H and O–H groups in total. The van der Waals surface area contributed by atoms with Crippen molar-refractivity contribution >= 4 is 51.9 Å². The van der Waals surface area contributed by atoms with Crippen molar-refractivity contribution in [3.8, 4) is 0 Å². The Labute approximate surface area is 126 Å². The van der Waals surface area contributed by atoms with E-state index in [1.165, 1.54) is 0 Å². The Kier molecular flexibility index (Phi) is 4.29. The molecule has 1 heterocycles. The van der Waals surface area contributed by atoms with Crippen molar-refractivity contribution < 1.29 is 0 Å². The smallest absolute Gasteiger partial charge is 0.175 e. The third-order valence-corrected chi connectivity index (χ3v) is 3.71. The number of halogens is 2. The average molecular weight is 315 g/mol. The first-order valence-corrected chi connectivity index (χ1v) is 6.66. The molecule has 0 aliphatic carbocycles. The van der Waals surface area contributed by atoms with Gasteiger partial charge in [-0.3, -0.25) is 4.68 Å². The number of anilines is 2. The fourth-order valence-corrected chi connectivity index (χ4v) is 2.07. The van der Waals surface area contributed by atoms with Gasteiger partial charge in [0.15, 0.2) is 5.11 Å². The van der Waals surface area contributed by atoms with Crippen molar-refractivity contribution in [3.63, 3.8) is 0 Å². The molecule has 100 valence electrons. The van der Waals surface area contributed by atoms with E-state index in [9.17, 15) is 0 Å². The fraction of sp³-hybridized carbons (Fsp3) is 0.167. The standard InChI is InChI=1S/C12H12Cl2N4S/c1-7-10(6-15-18(7)2)17-12(19)16-9-5-3-4-8(13)11(9)14/h3-6H,1-2H3,(H2,16,17,19). The maximum absolute atomic E-state index is 6.08. The Balaban J connectivity index is 2.10. The lowest BCUT2D eigenvalue weighted by atomic mass is 10.3. The highest BCUT2D eigenvalue weighted by Crippen LogP contribution is 2.29. The molecule has 0 saturated heterocycles. The van der Waals surface area contributed by atoms with Gasteiger partial charge in [-0.1, -0.05) is 29.3 Å². The molecule has 2 rings (SSSR count). The summed E-state index contributed by atoms with van der Waals surface area (Å²) < 4.78 is 1.76. The minimum absolute atomic E-state index is 0.431. The molecule has 19 heavy (non-hydrogen) atoms. The lowest BCUT2D eigenvalue weighted by Gasteiger charge is -2.11. The van der Waals surface area contributed by atoms with E-state index in [1.54, 1.807) is 29.1 Å². The van der Waals surface area contributed by atoms with Crippen LogP contribution in [0, 0.1) is 6.92 Å². The third-order valence-electron chi connectivity index (χ3n) is 2.68. The third kappa shape index (κ3) is 3.18. The zero-order valence-electron chi connectivity index (χ0n) is 10.4. The molecule has 0 amide bonds. The topological polar surface area (TPSA) is 41.9 Å². The highest BCUT2D eigenvalue weighted by Gasteiger charge is 2.08. The summed E-state index contributed by atoms with van der Waals surface area (Å²) >= 11 is 17.2. The van der Waals surface area contributed by atoms with Gasteiger partial charge in [0, 0.05) is 7.05 Å². The average Bonchev–Trinajstić information content (AvgIpc) is 2.67. The zero-order chi connectivity index (χ0) is 14.0. The van der Waals surface area contributed by atoms with Gasteiger partial charge in [0.25, 0.3) is 0 Å². The number of benzene rings is 1. The molecule has 4 nitrogen and oxygen atoms in total. The van der Waals surface area contributed by atoms with E-state index in [0.29, 0.717) is 20.8 Å². The second-order valence-electron chi connectivity index (χ2n) is 3.95. The lowest BCUT2D eigenvalue weighted by Crippen LogP contribution is -2.19. The van der Waals surface area contributed by atoms with E-state index < -0.39 is 0 Å². The van der Waals surface area contributed by atoms with Crippen LogP contribution in [-0.2, 0) is 7.05 Å². The van der Waals surface area contributed by atoms with Crippen LogP contribution in [0.2, 0.25) is 10.0 Å². The first-order chi connectivity index (χ1) is 8.99. The Bertz CT molecular complexity index is 624. The Morgan fingerprint density at radius 3 is 2.58 bits per heavy atom. The van der Waals surface area contributed by atoms with Gasteiger partial charge in [0.05, 0.1) is 33.3 Å². The van der Waals surface area contributed by atoms with Gasteiger partial charge >= 0.3 is 0 Å². The zero-order valence-corrected chi connectivity index (χ0v) is 12.7. The molecule has 1 aromatic heterocycles. The summed E-state index contributed by atoms with van der Waals surface area (Å²) in [5.74, 6) is 0. The van der Waals surface area contributed by atoms with Gasteiger partial charge in [-0.2, -0.15) is 5.10 Å². The molecular weight excluding hydrogens is 303 g/mol. The number of aromatic nitrogens is 2. The summed E-state index contributed by atoms with van der Waals surface area (Å²) in [6.07, 6.45) is 1.71. The van der Waals surface area contributed by atoms with Crippen molar-refractivity contribution in [1.82, 2.24) is 9.78 Å². The van der Waals surface area contributed by atoms with Crippen molar-refractivity contribution in [2.24, 2.45) is 7.05 Å². The number of thiocarbonyl (C=S) groups is 1. The summed E-state index contributed by atoms with van der Waals surface area (Å²) in [6.45, 7) is 1.95. The van der Waals surface area contributed by atoms with E-state index in [2.05, 4.69) is 15.7 Å². The molecule has 2 aromatic rings. The van der Waals surface area contributed by atoms with E-state index in [1.807, 2.05) is 14.0 Å². The van der Waals surface area contributed by atoms with Crippen molar-refractivity contribution in [2.75, 3.05) is 10.6 Å². The van der Waals surface area contributed by atoms with Gasteiger partial charge in [0.2, 0.25) is 0 Å². The highest BCUT2D eigenvalue weighted by atomic mass is 35.5. The molecule has 0 fully saturated rings. The van der Waals surface area contributed by atoms with Crippen LogP contribution in [0.15, 0.2) is 24.4 Å². The van der Waals surface area contributed by atoms with Gasteiger partial charge in [-0.15, -0.1) is 0 Å². The molecule has 0 aliphatic heterocycles. The van der Waals surface area contributed by atoms with Crippen LogP contribution in [0.25, 0.3) is 0 Å². The van der Waals surface area contributed by atoms with Gasteiger partial charge in [0.1, 0.15) is 0 Å². The molecule has 0 bridgehead atoms. The predicted octanol–water partition coefficient (Wildman–Crippen LogP) is 3.84. The second-order valence-corrected chi connectivity index (χ2v) is 5.14. The number of hydrogen-bond acceptors (Lipinski definition) is 2. The number of nitrogens with zero attached hydrogens (tertiary/aromatic N) is 2. The van der Waals surface area contributed by atoms with Crippen LogP contribution < -0.4 is 10.6 Å². The highest BCUT2D eigenvalue weighted by molar-refractivity contribution is 7.80. The summed E-state index contributed by atoms with van der Waals surface area (Å²) in [5.41, 5.74) is 2.49. The second kappa shape index (κ2) is 5.77.